The number of aryl methyl sites for hydroxylation is 1. The van der Waals surface area contributed by atoms with Crippen molar-refractivity contribution in [3.05, 3.63) is 29.3 Å². The van der Waals surface area contributed by atoms with Gasteiger partial charge in [0.1, 0.15) is 5.75 Å². The molecule has 1 amide bonds. The summed E-state index contributed by atoms with van der Waals surface area (Å²) >= 11 is 0. The van der Waals surface area contributed by atoms with Crippen LogP contribution in [0.4, 0.5) is 0 Å². The number of benzene rings is 1. The summed E-state index contributed by atoms with van der Waals surface area (Å²) in [4.78, 5) is 28.8. The van der Waals surface area contributed by atoms with Gasteiger partial charge in [-0.05, 0) is 50.5 Å². The molecule has 2 atom stereocenters. The Morgan fingerprint density at radius 1 is 1.33 bits per heavy atom. The minimum atomic E-state index is -0.722. The number of esters is 1. The van der Waals surface area contributed by atoms with Gasteiger partial charge in [0.2, 0.25) is 0 Å². The predicted octanol–water partition coefficient (Wildman–Crippen LogP) is 2.12. The maximum Gasteiger partial charge on any atom is 0.346 e. The first kappa shape index (κ1) is 18.2. The molecule has 2 unspecified atom stereocenters. The molecule has 0 aromatic heterocycles. The van der Waals surface area contributed by atoms with E-state index in [-0.39, 0.29) is 5.91 Å². The van der Waals surface area contributed by atoms with Crippen molar-refractivity contribution in [3.63, 3.8) is 0 Å². The number of carbonyl (C=O) groups is 2. The van der Waals surface area contributed by atoms with Gasteiger partial charge in [0.25, 0.3) is 5.91 Å². The number of carbonyl (C=O) groups excluding carboxylic acids is 2. The fourth-order valence-electron chi connectivity index (χ4n) is 2.31. The number of methoxy groups -OCH3 is 1. The first-order valence-corrected chi connectivity index (χ1v) is 7.94. The molecule has 1 fully saturated rings. The Bertz CT molecular complexity index is 582. The van der Waals surface area contributed by atoms with Crippen molar-refractivity contribution in [1.82, 2.24) is 5.48 Å². The molecule has 0 spiro atoms. The van der Waals surface area contributed by atoms with Crippen LogP contribution in [0.2, 0.25) is 0 Å². The van der Waals surface area contributed by atoms with Gasteiger partial charge in [0.15, 0.2) is 12.4 Å². The first-order valence-electron chi connectivity index (χ1n) is 7.94. The summed E-state index contributed by atoms with van der Waals surface area (Å²) in [5.41, 5.74) is 3.57. The maximum atomic E-state index is 12.1. The van der Waals surface area contributed by atoms with Crippen molar-refractivity contribution in [2.45, 2.75) is 45.5 Å². The molecule has 7 nitrogen and oxygen atoms in total. The average molecular weight is 337 g/mol. The highest BCUT2D eigenvalue weighted by Gasteiger charge is 2.18. The van der Waals surface area contributed by atoms with Gasteiger partial charge >= 0.3 is 5.97 Å². The summed E-state index contributed by atoms with van der Waals surface area (Å²) in [7, 11) is 1.30. The van der Waals surface area contributed by atoms with Crippen LogP contribution in [0.5, 0.6) is 5.75 Å². The second-order valence-corrected chi connectivity index (χ2v) is 5.61. The predicted molar refractivity (Wildman–Crippen MR) is 85.4 cm³/mol. The summed E-state index contributed by atoms with van der Waals surface area (Å²) in [5.74, 6) is -0.307. The molecule has 1 aliphatic heterocycles. The number of hydrogen-bond acceptors (Lipinski definition) is 6. The van der Waals surface area contributed by atoms with Gasteiger partial charge < -0.3 is 14.2 Å². The Morgan fingerprint density at radius 2 is 2.12 bits per heavy atom. The van der Waals surface area contributed by atoms with Crippen molar-refractivity contribution in [2.24, 2.45) is 0 Å². The van der Waals surface area contributed by atoms with E-state index < -0.39 is 18.4 Å². The molecule has 1 N–H and O–H groups in total. The molecule has 1 aliphatic rings. The van der Waals surface area contributed by atoms with Crippen LogP contribution in [0.1, 0.15) is 42.1 Å². The number of hydrogen-bond donors (Lipinski definition) is 1. The lowest BCUT2D eigenvalue weighted by Gasteiger charge is -2.22. The van der Waals surface area contributed by atoms with Crippen molar-refractivity contribution >= 4 is 11.9 Å². The van der Waals surface area contributed by atoms with Gasteiger partial charge in [-0.15, -0.1) is 0 Å². The lowest BCUT2D eigenvalue weighted by atomic mass is 10.1. The molecule has 2 rings (SSSR count). The van der Waals surface area contributed by atoms with E-state index in [9.17, 15) is 9.59 Å². The number of hydroxylamine groups is 1. The molecule has 132 valence electrons. The van der Waals surface area contributed by atoms with Crippen molar-refractivity contribution in [1.29, 1.82) is 0 Å². The summed E-state index contributed by atoms with van der Waals surface area (Å²) in [6.45, 7) is 4.04. The topological polar surface area (TPSA) is 83.1 Å². The average Bonchev–Trinajstić information content (AvgIpc) is 2.61. The van der Waals surface area contributed by atoms with Crippen LogP contribution in [-0.2, 0) is 19.1 Å². The SMILES string of the molecule is COC(=O)C(C)Oc1ccc(C(=O)NOC2CCCCO2)cc1C. The fraction of sp³-hybridized carbons (Fsp3) is 0.529. The highest BCUT2D eigenvalue weighted by molar-refractivity contribution is 5.93. The Morgan fingerprint density at radius 3 is 2.75 bits per heavy atom. The molecule has 1 aromatic carbocycles. The molecule has 24 heavy (non-hydrogen) atoms. The largest absolute Gasteiger partial charge is 0.479 e. The minimum absolute atomic E-state index is 0.361. The lowest BCUT2D eigenvalue weighted by Crippen LogP contribution is -2.33. The van der Waals surface area contributed by atoms with Gasteiger partial charge in [0, 0.05) is 18.6 Å². The van der Waals surface area contributed by atoms with E-state index >= 15 is 0 Å². The van der Waals surface area contributed by atoms with E-state index in [2.05, 4.69) is 10.2 Å². The smallest absolute Gasteiger partial charge is 0.346 e. The fourth-order valence-corrected chi connectivity index (χ4v) is 2.31. The summed E-state index contributed by atoms with van der Waals surface area (Å²) in [6, 6.07) is 4.91. The normalized spacial score (nSPS) is 18.5. The molecule has 1 saturated heterocycles. The third-order valence-electron chi connectivity index (χ3n) is 3.69. The lowest BCUT2D eigenvalue weighted by molar-refractivity contribution is -0.186. The van der Waals surface area contributed by atoms with Crippen molar-refractivity contribution in [3.8, 4) is 5.75 Å². The van der Waals surface area contributed by atoms with Gasteiger partial charge in [-0.2, -0.15) is 0 Å². The van der Waals surface area contributed by atoms with Crippen LogP contribution in [0.25, 0.3) is 0 Å². The Kier molecular flexibility index (Phi) is 6.57. The molecule has 1 aromatic rings. The molecule has 0 radical (unpaired) electrons. The molecule has 1 heterocycles. The van der Waals surface area contributed by atoms with Gasteiger partial charge in [-0.1, -0.05) is 0 Å². The zero-order valence-electron chi connectivity index (χ0n) is 14.2. The van der Waals surface area contributed by atoms with Crippen LogP contribution in [-0.4, -0.2) is 38.0 Å². The number of rotatable bonds is 6. The second-order valence-electron chi connectivity index (χ2n) is 5.61. The number of ether oxygens (including phenoxy) is 3. The minimum Gasteiger partial charge on any atom is -0.479 e. The Balaban J connectivity index is 1.92. The zero-order chi connectivity index (χ0) is 17.5. The van der Waals surface area contributed by atoms with E-state index in [1.807, 2.05) is 0 Å². The molecule has 0 aliphatic carbocycles. The van der Waals surface area contributed by atoms with Crippen LogP contribution >= 0.6 is 0 Å². The Labute approximate surface area is 141 Å². The van der Waals surface area contributed by atoms with Crippen LogP contribution in [0.15, 0.2) is 18.2 Å². The molecule has 7 heteroatoms. The number of nitrogens with one attached hydrogen (secondary N) is 1. The van der Waals surface area contributed by atoms with E-state index in [1.54, 1.807) is 32.0 Å². The van der Waals surface area contributed by atoms with Gasteiger partial charge in [-0.25, -0.2) is 15.1 Å². The summed E-state index contributed by atoms with van der Waals surface area (Å²) in [5, 5.41) is 0. The third kappa shape index (κ3) is 4.94. The zero-order valence-corrected chi connectivity index (χ0v) is 14.2. The van der Waals surface area contributed by atoms with Crippen LogP contribution < -0.4 is 10.2 Å². The number of amides is 1. The maximum absolute atomic E-state index is 12.1. The standard InChI is InChI=1S/C17H23NO6/c1-11-10-13(7-8-14(11)23-12(2)17(20)21-3)16(19)18-24-15-6-4-5-9-22-15/h7-8,10,12,15H,4-6,9H2,1-3H3,(H,18,19). The van der Waals surface area contributed by atoms with E-state index in [4.69, 9.17) is 14.3 Å². The first-order chi connectivity index (χ1) is 11.5. The van der Waals surface area contributed by atoms with E-state index in [0.29, 0.717) is 17.9 Å². The molecular weight excluding hydrogens is 314 g/mol. The molecule has 0 bridgehead atoms. The summed E-state index contributed by atoms with van der Waals surface area (Å²) < 4.78 is 15.5. The van der Waals surface area contributed by atoms with Crippen LogP contribution in [0, 0.1) is 6.92 Å². The summed E-state index contributed by atoms with van der Waals surface area (Å²) in [6.07, 6.45) is 1.67. The Hall–Kier alpha value is -2.12. The monoisotopic (exact) mass is 337 g/mol. The molecular formula is C17H23NO6. The van der Waals surface area contributed by atoms with Crippen LogP contribution in [0.3, 0.4) is 0 Å². The van der Waals surface area contributed by atoms with Crippen molar-refractivity contribution < 1.29 is 28.6 Å². The molecule has 0 saturated carbocycles. The highest BCUT2D eigenvalue weighted by Crippen LogP contribution is 2.21. The van der Waals surface area contributed by atoms with Gasteiger partial charge in [-0.3, -0.25) is 4.79 Å². The van der Waals surface area contributed by atoms with E-state index in [1.165, 1.54) is 7.11 Å². The highest BCUT2D eigenvalue weighted by atomic mass is 16.8. The third-order valence-corrected chi connectivity index (χ3v) is 3.69. The van der Waals surface area contributed by atoms with Gasteiger partial charge in [0.05, 0.1) is 7.11 Å². The second kappa shape index (κ2) is 8.65. The quantitative estimate of drug-likeness (QED) is 0.632. The van der Waals surface area contributed by atoms with E-state index in [0.717, 1.165) is 24.8 Å². The van der Waals surface area contributed by atoms with Crippen molar-refractivity contribution in [2.75, 3.05) is 13.7 Å².